The Labute approximate surface area is 125 Å². The Hall–Kier alpha value is -1.43. The molecular weight excluding hydrogens is 327 g/mol. The molecule has 4 nitrogen and oxygen atoms in total. The zero-order chi connectivity index (χ0) is 14.9. The van der Waals surface area contributed by atoms with Gasteiger partial charge < -0.3 is 5.32 Å². The number of amides is 2. The number of anilines is 1. The normalized spacial score (nSPS) is 20.8. The second-order valence-electron chi connectivity index (χ2n) is 4.95. The largest absolute Gasteiger partial charge is 0.342 e. The van der Waals surface area contributed by atoms with Crippen LogP contribution in [0.25, 0.3) is 0 Å². The van der Waals surface area contributed by atoms with E-state index in [-0.39, 0.29) is 30.0 Å². The van der Waals surface area contributed by atoms with E-state index in [4.69, 9.17) is 0 Å². The molecule has 0 bridgehead atoms. The number of rotatable bonds is 3. The third-order valence-corrected chi connectivity index (χ3v) is 4.06. The molecule has 6 heteroatoms. The maximum Gasteiger partial charge on any atom is 0.250 e. The van der Waals surface area contributed by atoms with Crippen molar-refractivity contribution in [2.75, 3.05) is 11.4 Å². The van der Waals surface area contributed by atoms with E-state index >= 15 is 0 Å². The Morgan fingerprint density at radius 3 is 2.85 bits per heavy atom. The topological polar surface area (TPSA) is 49.4 Å². The second-order valence-corrected chi connectivity index (χ2v) is 5.87. The van der Waals surface area contributed by atoms with E-state index in [0.717, 1.165) is 6.42 Å². The van der Waals surface area contributed by atoms with Crippen LogP contribution in [-0.4, -0.2) is 24.4 Å². The standard InChI is InChI=1S/C14H16BrFN2O2/c1-3-8(2)13-14(20)18(7-12(19)17-13)11-6-9(15)4-5-10(11)16/h4-6,8,13H,3,7H2,1-2H3,(H,17,19). The average molecular weight is 343 g/mol. The lowest BCUT2D eigenvalue weighted by atomic mass is 9.96. The molecule has 0 spiro atoms. The Balaban J connectivity index is 2.37. The van der Waals surface area contributed by atoms with E-state index < -0.39 is 11.9 Å². The van der Waals surface area contributed by atoms with Crippen LogP contribution in [0, 0.1) is 11.7 Å². The molecule has 1 N–H and O–H groups in total. The third kappa shape index (κ3) is 2.85. The summed E-state index contributed by atoms with van der Waals surface area (Å²) in [4.78, 5) is 25.5. The van der Waals surface area contributed by atoms with Gasteiger partial charge in [0.2, 0.25) is 11.8 Å². The van der Waals surface area contributed by atoms with Gasteiger partial charge in [-0.05, 0) is 24.1 Å². The molecule has 1 saturated heterocycles. The van der Waals surface area contributed by atoms with Gasteiger partial charge in [0, 0.05) is 4.47 Å². The fourth-order valence-electron chi connectivity index (χ4n) is 2.19. The minimum Gasteiger partial charge on any atom is -0.342 e. The van der Waals surface area contributed by atoms with Crippen molar-refractivity contribution in [2.45, 2.75) is 26.3 Å². The van der Waals surface area contributed by atoms with E-state index in [1.54, 1.807) is 6.07 Å². The summed E-state index contributed by atoms with van der Waals surface area (Å²) in [6.07, 6.45) is 0.755. The van der Waals surface area contributed by atoms with Gasteiger partial charge >= 0.3 is 0 Å². The number of nitrogens with one attached hydrogen (secondary N) is 1. The van der Waals surface area contributed by atoms with Gasteiger partial charge in [-0.25, -0.2) is 4.39 Å². The maximum atomic E-state index is 13.9. The number of carbonyl (C=O) groups excluding carboxylic acids is 2. The van der Waals surface area contributed by atoms with Gasteiger partial charge in [0.25, 0.3) is 0 Å². The Morgan fingerprint density at radius 2 is 2.20 bits per heavy atom. The predicted molar refractivity (Wildman–Crippen MR) is 77.8 cm³/mol. The maximum absolute atomic E-state index is 13.9. The first-order valence-corrected chi connectivity index (χ1v) is 7.29. The monoisotopic (exact) mass is 342 g/mol. The molecule has 1 fully saturated rings. The van der Waals surface area contributed by atoms with Gasteiger partial charge in [-0.1, -0.05) is 36.2 Å². The van der Waals surface area contributed by atoms with Crippen molar-refractivity contribution in [2.24, 2.45) is 5.92 Å². The van der Waals surface area contributed by atoms with Crippen LogP contribution in [0.5, 0.6) is 0 Å². The fourth-order valence-corrected chi connectivity index (χ4v) is 2.54. The van der Waals surface area contributed by atoms with Crippen molar-refractivity contribution in [1.29, 1.82) is 0 Å². The summed E-state index contributed by atoms with van der Waals surface area (Å²) < 4.78 is 14.6. The highest BCUT2D eigenvalue weighted by molar-refractivity contribution is 9.10. The highest BCUT2D eigenvalue weighted by Crippen LogP contribution is 2.27. The Kier molecular flexibility index (Phi) is 4.42. The summed E-state index contributed by atoms with van der Waals surface area (Å²) in [5.74, 6) is -1.05. The molecule has 0 aromatic heterocycles. The van der Waals surface area contributed by atoms with Crippen molar-refractivity contribution < 1.29 is 14.0 Å². The molecule has 0 saturated carbocycles. The van der Waals surface area contributed by atoms with E-state index in [1.165, 1.54) is 17.0 Å². The molecule has 2 amide bonds. The lowest BCUT2D eigenvalue weighted by Crippen LogP contribution is -2.60. The summed E-state index contributed by atoms with van der Waals surface area (Å²) in [5.41, 5.74) is 0.132. The van der Waals surface area contributed by atoms with Gasteiger partial charge in [0.15, 0.2) is 0 Å². The van der Waals surface area contributed by atoms with Crippen LogP contribution in [0.1, 0.15) is 20.3 Å². The van der Waals surface area contributed by atoms with Crippen LogP contribution in [0.2, 0.25) is 0 Å². The zero-order valence-corrected chi connectivity index (χ0v) is 12.9. The first kappa shape index (κ1) is 15.0. The van der Waals surface area contributed by atoms with Gasteiger partial charge in [0.1, 0.15) is 18.4 Å². The number of piperazine rings is 1. The van der Waals surface area contributed by atoms with Gasteiger partial charge in [-0.2, -0.15) is 0 Å². The highest BCUT2D eigenvalue weighted by Gasteiger charge is 2.37. The molecular formula is C14H16BrFN2O2. The quantitative estimate of drug-likeness (QED) is 0.917. The summed E-state index contributed by atoms with van der Waals surface area (Å²) in [6.45, 7) is 3.69. The van der Waals surface area contributed by atoms with Gasteiger partial charge in [-0.15, -0.1) is 0 Å². The van der Waals surface area contributed by atoms with Crippen LogP contribution in [0.15, 0.2) is 22.7 Å². The molecule has 108 valence electrons. The van der Waals surface area contributed by atoms with E-state index in [1.807, 2.05) is 13.8 Å². The highest BCUT2D eigenvalue weighted by atomic mass is 79.9. The van der Waals surface area contributed by atoms with Crippen molar-refractivity contribution >= 4 is 33.4 Å². The van der Waals surface area contributed by atoms with Crippen molar-refractivity contribution in [3.63, 3.8) is 0 Å². The smallest absolute Gasteiger partial charge is 0.250 e. The lowest BCUT2D eigenvalue weighted by molar-refractivity contribution is -0.132. The zero-order valence-electron chi connectivity index (χ0n) is 11.3. The first-order chi connectivity index (χ1) is 9.43. The number of carbonyl (C=O) groups is 2. The number of hydrogen-bond acceptors (Lipinski definition) is 2. The van der Waals surface area contributed by atoms with Crippen LogP contribution in [0.3, 0.4) is 0 Å². The molecule has 1 aromatic carbocycles. The summed E-state index contributed by atoms with van der Waals surface area (Å²) in [5, 5.41) is 2.69. The van der Waals surface area contributed by atoms with Gasteiger partial charge in [-0.3, -0.25) is 14.5 Å². The Morgan fingerprint density at radius 1 is 1.50 bits per heavy atom. The van der Waals surface area contributed by atoms with Gasteiger partial charge in [0.05, 0.1) is 5.69 Å². The first-order valence-electron chi connectivity index (χ1n) is 6.49. The molecule has 2 unspecified atom stereocenters. The summed E-state index contributed by atoms with van der Waals surface area (Å²) in [7, 11) is 0. The second kappa shape index (κ2) is 5.91. The number of nitrogens with zero attached hydrogens (tertiary/aromatic N) is 1. The van der Waals surface area contributed by atoms with Crippen molar-refractivity contribution in [3.8, 4) is 0 Å². The number of benzene rings is 1. The average Bonchev–Trinajstić information content (AvgIpc) is 2.43. The molecule has 2 rings (SSSR count). The van der Waals surface area contributed by atoms with E-state index in [9.17, 15) is 14.0 Å². The van der Waals surface area contributed by atoms with E-state index in [2.05, 4.69) is 21.2 Å². The third-order valence-electron chi connectivity index (χ3n) is 3.56. The Bertz CT molecular complexity index is 550. The fraction of sp³-hybridized carbons (Fsp3) is 0.429. The molecule has 2 atom stereocenters. The van der Waals surface area contributed by atoms with Crippen LogP contribution in [-0.2, 0) is 9.59 Å². The molecule has 20 heavy (non-hydrogen) atoms. The minimum absolute atomic E-state index is 0.00413. The lowest BCUT2D eigenvalue weighted by Gasteiger charge is -2.35. The molecule has 0 radical (unpaired) electrons. The van der Waals surface area contributed by atoms with Crippen molar-refractivity contribution in [1.82, 2.24) is 5.32 Å². The molecule has 1 aliphatic rings. The van der Waals surface area contributed by atoms with Crippen LogP contribution >= 0.6 is 15.9 Å². The summed E-state index contributed by atoms with van der Waals surface area (Å²) in [6, 6.07) is 3.75. The number of hydrogen-bond donors (Lipinski definition) is 1. The molecule has 0 aliphatic carbocycles. The van der Waals surface area contributed by atoms with Crippen molar-refractivity contribution in [3.05, 3.63) is 28.5 Å². The molecule has 1 aliphatic heterocycles. The summed E-state index contributed by atoms with van der Waals surface area (Å²) >= 11 is 3.25. The molecule has 1 heterocycles. The SMILES string of the molecule is CCC(C)C1NC(=O)CN(c2cc(Br)ccc2F)C1=O. The number of halogens is 2. The van der Waals surface area contributed by atoms with Crippen LogP contribution in [0.4, 0.5) is 10.1 Å². The van der Waals surface area contributed by atoms with E-state index in [0.29, 0.717) is 4.47 Å². The van der Waals surface area contributed by atoms with Crippen LogP contribution < -0.4 is 10.2 Å². The minimum atomic E-state index is -0.598. The molecule has 1 aromatic rings. The predicted octanol–water partition coefficient (Wildman–Crippen LogP) is 2.47.